The van der Waals surface area contributed by atoms with E-state index in [1.165, 1.54) is 7.11 Å². The van der Waals surface area contributed by atoms with E-state index in [4.69, 9.17) is 8.83 Å². The third-order valence-electron chi connectivity index (χ3n) is 4.79. The Morgan fingerprint density at radius 3 is 2.56 bits per heavy atom. The summed E-state index contributed by atoms with van der Waals surface area (Å²) in [5, 5.41) is 4.26. The van der Waals surface area contributed by atoms with E-state index < -0.39 is 11.6 Å². The summed E-state index contributed by atoms with van der Waals surface area (Å²) < 4.78 is 15.6. The number of carbonyl (C=O) groups excluding carboxylic acids is 2. The largest absolute Gasteiger partial charge is 0.468 e. The van der Waals surface area contributed by atoms with E-state index >= 15 is 0 Å². The number of benzene rings is 1. The number of rotatable bonds is 5. The first kappa shape index (κ1) is 18.7. The molecule has 2 heterocycles. The van der Waals surface area contributed by atoms with E-state index in [2.05, 4.69) is 10.1 Å². The lowest BCUT2D eigenvalue weighted by Gasteiger charge is -2.10. The number of furan rings is 1. The SMILES string of the molecule is COC(=O)CNC(=O)CCc1c(C)c2cc3c(C)coc3c(C)c2oc1=O. The summed E-state index contributed by atoms with van der Waals surface area (Å²) in [6.07, 6.45) is 1.97. The molecule has 27 heavy (non-hydrogen) atoms. The van der Waals surface area contributed by atoms with Crippen molar-refractivity contribution >= 4 is 33.8 Å². The Morgan fingerprint density at radius 1 is 1.11 bits per heavy atom. The summed E-state index contributed by atoms with van der Waals surface area (Å²) in [4.78, 5) is 35.4. The van der Waals surface area contributed by atoms with Crippen LogP contribution in [-0.2, 0) is 20.7 Å². The standard InChI is InChI=1S/C20H21NO6/c1-10-9-26-18-12(3)19-15(7-14(10)18)11(2)13(20(24)27-19)5-6-16(22)21-8-17(23)25-4/h7,9H,5-6,8H2,1-4H3,(H,21,22). The van der Waals surface area contributed by atoms with E-state index in [0.29, 0.717) is 16.7 Å². The third-order valence-corrected chi connectivity index (χ3v) is 4.79. The molecule has 0 bridgehead atoms. The summed E-state index contributed by atoms with van der Waals surface area (Å²) >= 11 is 0. The van der Waals surface area contributed by atoms with E-state index in [0.717, 1.165) is 27.5 Å². The van der Waals surface area contributed by atoms with Crippen molar-refractivity contribution in [2.75, 3.05) is 13.7 Å². The van der Waals surface area contributed by atoms with Gasteiger partial charge in [-0.05, 0) is 44.4 Å². The summed E-state index contributed by atoms with van der Waals surface area (Å²) in [5.74, 6) is -0.865. The highest BCUT2D eigenvalue weighted by Gasteiger charge is 2.18. The van der Waals surface area contributed by atoms with Crippen LogP contribution in [0.4, 0.5) is 0 Å². The van der Waals surface area contributed by atoms with Gasteiger partial charge in [-0.1, -0.05) is 0 Å². The fraction of sp³-hybridized carbons (Fsp3) is 0.350. The van der Waals surface area contributed by atoms with Gasteiger partial charge in [0, 0.05) is 28.3 Å². The Morgan fingerprint density at radius 2 is 1.85 bits per heavy atom. The maximum absolute atomic E-state index is 12.5. The van der Waals surface area contributed by atoms with Crippen LogP contribution >= 0.6 is 0 Å². The number of esters is 1. The van der Waals surface area contributed by atoms with Crippen molar-refractivity contribution in [2.24, 2.45) is 0 Å². The Kier molecular flexibility index (Phi) is 5.03. The van der Waals surface area contributed by atoms with Gasteiger partial charge in [0.15, 0.2) is 0 Å². The quantitative estimate of drug-likeness (QED) is 0.547. The summed E-state index contributed by atoms with van der Waals surface area (Å²) in [7, 11) is 1.25. The van der Waals surface area contributed by atoms with Crippen LogP contribution in [0.25, 0.3) is 21.9 Å². The van der Waals surface area contributed by atoms with Gasteiger partial charge in [0.1, 0.15) is 17.7 Å². The molecule has 0 aliphatic carbocycles. The van der Waals surface area contributed by atoms with Crippen LogP contribution in [0.3, 0.4) is 0 Å². The van der Waals surface area contributed by atoms with Gasteiger partial charge in [0.25, 0.3) is 0 Å². The normalized spacial score (nSPS) is 11.1. The zero-order valence-corrected chi connectivity index (χ0v) is 15.7. The molecule has 1 N–H and O–H groups in total. The molecule has 0 aliphatic rings. The van der Waals surface area contributed by atoms with Crippen molar-refractivity contribution in [1.29, 1.82) is 0 Å². The molecule has 0 spiro atoms. The first-order valence-electron chi connectivity index (χ1n) is 8.60. The molecule has 1 aromatic carbocycles. The van der Waals surface area contributed by atoms with Crippen molar-refractivity contribution in [3.05, 3.63) is 45.0 Å². The molecule has 0 radical (unpaired) electrons. The van der Waals surface area contributed by atoms with Crippen molar-refractivity contribution in [3.8, 4) is 0 Å². The second-order valence-electron chi connectivity index (χ2n) is 6.52. The monoisotopic (exact) mass is 371 g/mol. The van der Waals surface area contributed by atoms with E-state index in [1.54, 1.807) is 6.26 Å². The first-order valence-corrected chi connectivity index (χ1v) is 8.60. The topological polar surface area (TPSA) is 98.8 Å². The van der Waals surface area contributed by atoms with Crippen molar-refractivity contribution < 1.29 is 23.2 Å². The predicted octanol–water partition coefficient (Wildman–Crippen LogP) is 2.69. The molecule has 0 unspecified atom stereocenters. The zero-order chi connectivity index (χ0) is 19.7. The lowest BCUT2D eigenvalue weighted by Crippen LogP contribution is -2.30. The number of carbonyl (C=O) groups is 2. The number of fused-ring (bicyclic) bond motifs is 2. The molecule has 142 valence electrons. The van der Waals surface area contributed by atoms with Crippen molar-refractivity contribution in [1.82, 2.24) is 5.32 Å². The highest BCUT2D eigenvalue weighted by molar-refractivity contribution is 5.99. The van der Waals surface area contributed by atoms with Crippen LogP contribution < -0.4 is 10.9 Å². The molecule has 0 fully saturated rings. The number of ether oxygens (including phenoxy) is 1. The summed E-state index contributed by atoms with van der Waals surface area (Å²) in [5.41, 5.74) is 3.76. The zero-order valence-electron chi connectivity index (χ0n) is 15.7. The highest BCUT2D eigenvalue weighted by atomic mass is 16.5. The molecule has 2 aromatic heterocycles. The Hall–Kier alpha value is -3.09. The number of amides is 1. The van der Waals surface area contributed by atoms with E-state index in [9.17, 15) is 14.4 Å². The van der Waals surface area contributed by atoms with Crippen LogP contribution in [0.2, 0.25) is 0 Å². The minimum atomic E-state index is -0.528. The molecule has 0 aliphatic heterocycles. The maximum atomic E-state index is 12.5. The summed E-state index contributed by atoms with van der Waals surface area (Å²) in [6.45, 7) is 5.47. The number of nitrogens with one attached hydrogen (secondary N) is 1. The molecule has 7 nitrogen and oxygen atoms in total. The van der Waals surface area contributed by atoms with Gasteiger partial charge in [-0.3, -0.25) is 9.59 Å². The third kappa shape index (κ3) is 3.45. The van der Waals surface area contributed by atoms with Gasteiger partial charge in [-0.2, -0.15) is 0 Å². The molecule has 0 atom stereocenters. The summed E-state index contributed by atoms with van der Waals surface area (Å²) in [6, 6.07) is 1.95. The van der Waals surface area contributed by atoms with Crippen LogP contribution in [0.15, 0.2) is 26.0 Å². The average Bonchev–Trinajstić information content (AvgIpc) is 3.02. The predicted molar refractivity (Wildman–Crippen MR) is 99.8 cm³/mol. The Balaban J connectivity index is 1.93. The minimum absolute atomic E-state index is 0.0695. The molecule has 3 aromatic rings. The minimum Gasteiger partial charge on any atom is -0.468 e. The number of hydrogen-bond acceptors (Lipinski definition) is 6. The number of hydrogen-bond donors (Lipinski definition) is 1. The van der Waals surface area contributed by atoms with Crippen molar-refractivity contribution in [2.45, 2.75) is 33.6 Å². The lowest BCUT2D eigenvalue weighted by molar-refractivity contribution is -0.141. The Bertz CT molecular complexity index is 1110. The number of aryl methyl sites for hydroxylation is 3. The fourth-order valence-electron chi connectivity index (χ4n) is 3.18. The second kappa shape index (κ2) is 7.26. The molecular weight excluding hydrogens is 350 g/mol. The van der Waals surface area contributed by atoms with E-state index in [1.807, 2.05) is 26.8 Å². The molecule has 3 rings (SSSR count). The molecular formula is C20H21NO6. The van der Waals surface area contributed by atoms with Gasteiger partial charge in [0.2, 0.25) is 5.91 Å². The van der Waals surface area contributed by atoms with Gasteiger partial charge in [-0.25, -0.2) is 4.79 Å². The fourth-order valence-corrected chi connectivity index (χ4v) is 3.18. The maximum Gasteiger partial charge on any atom is 0.339 e. The molecule has 1 amide bonds. The van der Waals surface area contributed by atoms with Crippen LogP contribution in [0, 0.1) is 20.8 Å². The smallest absolute Gasteiger partial charge is 0.339 e. The molecule has 0 saturated carbocycles. The van der Waals surface area contributed by atoms with Gasteiger partial charge in [0.05, 0.1) is 13.4 Å². The average molecular weight is 371 g/mol. The van der Waals surface area contributed by atoms with Crippen LogP contribution in [0.5, 0.6) is 0 Å². The van der Waals surface area contributed by atoms with E-state index in [-0.39, 0.29) is 25.3 Å². The van der Waals surface area contributed by atoms with Crippen LogP contribution in [-0.4, -0.2) is 25.5 Å². The van der Waals surface area contributed by atoms with Crippen LogP contribution in [0.1, 0.15) is 28.7 Å². The molecule has 7 heteroatoms. The highest BCUT2D eigenvalue weighted by Crippen LogP contribution is 2.32. The van der Waals surface area contributed by atoms with Gasteiger partial charge in [-0.15, -0.1) is 0 Å². The van der Waals surface area contributed by atoms with Crippen molar-refractivity contribution in [3.63, 3.8) is 0 Å². The first-order chi connectivity index (χ1) is 12.8. The second-order valence-corrected chi connectivity index (χ2v) is 6.52. The van der Waals surface area contributed by atoms with Gasteiger partial charge < -0.3 is 18.9 Å². The Labute approximate surface area is 155 Å². The molecule has 0 saturated heterocycles. The lowest BCUT2D eigenvalue weighted by atomic mass is 9.98. The van der Waals surface area contributed by atoms with Gasteiger partial charge >= 0.3 is 11.6 Å². The number of methoxy groups -OCH3 is 1.